The Labute approximate surface area is 820 Å². The Morgan fingerprint density at radius 3 is 0.976 bits per heavy atom. The number of rotatable bonds is 10. The van der Waals surface area contributed by atoms with Crippen molar-refractivity contribution in [1.29, 1.82) is 0 Å². The van der Waals surface area contributed by atoms with Crippen molar-refractivity contribution in [3.8, 4) is 100 Å². The van der Waals surface area contributed by atoms with E-state index in [0.717, 1.165) is 90.2 Å². The van der Waals surface area contributed by atoms with Crippen molar-refractivity contribution in [2.45, 2.75) is 20.0 Å². The second-order valence-electron chi connectivity index (χ2n) is 25.6. The number of pyridine rings is 8. The quantitative estimate of drug-likeness (QED) is 0.0799. The van der Waals surface area contributed by atoms with E-state index in [0.29, 0.717) is 11.3 Å². The Balaban J connectivity index is 0.000000252. The molecule has 10 nitrogen and oxygen atoms in total. The van der Waals surface area contributed by atoms with Crippen LogP contribution in [0.5, 0.6) is 0 Å². The van der Waals surface area contributed by atoms with E-state index in [1.54, 1.807) is 66.7 Å². The van der Waals surface area contributed by atoms with Crippen LogP contribution >= 0.6 is 11.3 Å². The van der Waals surface area contributed by atoms with E-state index in [1.807, 2.05) is 297 Å². The van der Waals surface area contributed by atoms with Gasteiger partial charge >= 0.3 is 6.18 Å². The second-order valence-corrected chi connectivity index (χ2v) is 26.5. The van der Waals surface area contributed by atoms with Gasteiger partial charge in [0.2, 0.25) is 0 Å². The molecule has 9 aromatic heterocycles. The Kier molecular flexibility index (Phi) is 49.0. The topological polar surface area (TPSA) is 140 Å². The number of aliphatic hydroxyl groups is 1. The maximum atomic E-state index is 12.3. The summed E-state index contributed by atoms with van der Waals surface area (Å²) >= 11 is 1.66. The number of thiophene rings is 1. The fourth-order valence-electron chi connectivity index (χ4n) is 11.4. The Bertz CT molecular complexity index is 5700. The van der Waals surface area contributed by atoms with Crippen molar-refractivity contribution in [3.05, 3.63) is 485 Å². The zero-order chi connectivity index (χ0) is 83.5. The first kappa shape index (κ1) is 105. The molecule has 19 rings (SSSR count). The molecule has 20 heteroatoms. The van der Waals surface area contributed by atoms with E-state index in [1.165, 1.54) is 58.7 Å². The number of ketones is 1. The minimum atomic E-state index is -4.32. The monoisotopic (exact) mass is 2740 g/mol. The van der Waals surface area contributed by atoms with Crippen LogP contribution in [0.1, 0.15) is 19.4 Å². The number of hydrogen-bond donors (Lipinski definition) is 1. The van der Waals surface area contributed by atoms with Crippen LogP contribution in [-0.4, -0.2) is 50.8 Å². The summed E-state index contributed by atoms with van der Waals surface area (Å²) in [5, 5.41) is 15.1. The summed E-state index contributed by atoms with van der Waals surface area (Å²) in [5.41, 5.74) is 15.9. The number of alkyl halides is 3. The molecule has 0 aliphatic carbocycles. The van der Waals surface area contributed by atoms with Gasteiger partial charge in [0.15, 0.2) is 5.78 Å². The van der Waals surface area contributed by atoms with E-state index < -0.39 is 11.7 Å². The number of carbonyl (C=O) groups is 1. The van der Waals surface area contributed by atoms with Gasteiger partial charge in [0, 0.05) is 177 Å². The summed E-state index contributed by atoms with van der Waals surface area (Å²) in [4.78, 5) is 45.2. The molecule has 0 fully saturated rings. The van der Waals surface area contributed by atoms with Crippen molar-refractivity contribution in [2.75, 3.05) is 0 Å². The molecule has 0 spiro atoms. The van der Waals surface area contributed by atoms with Gasteiger partial charge in [-0.15, -0.1) is 250 Å². The van der Waals surface area contributed by atoms with Gasteiger partial charge in [-0.2, -0.15) is 25.3 Å². The van der Waals surface area contributed by atoms with Crippen LogP contribution in [0.3, 0.4) is 0 Å². The number of allylic oxidation sites excluding steroid dienone is 2. The first-order valence-electron chi connectivity index (χ1n) is 37.9. The first-order chi connectivity index (χ1) is 58.9. The number of hydrogen-bond acceptors (Lipinski definition) is 11. The molecule has 0 saturated carbocycles. The summed E-state index contributed by atoms with van der Waals surface area (Å²) in [6.45, 7) is 2.85. The smallest absolute Gasteiger partial charge is 0.381 e. The van der Waals surface area contributed by atoms with Crippen molar-refractivity contribution < 1.29 is 145 Å². The maximum absolute atomic E-state index is 12.3. The van der Waals surface area contributed by atoms with Gasteiger partial charge in [-0.3, -0.25) is 4.79 Å². The third-order valence-corrected chi connectivity index (χ3v) is 17.8. The summed E-state index contributed by atoms with van der Waals surface area (Å²) in [6, 6.07) is 141. The molecular formula is C106H77F3Ir5N8O2PtS-8. The van der Waals surface area contributed by atoms with Crippen LogP contribution < -0.4 is 0 Å². The Morgan fingerprint density at radius 2 is 0.659 bits per heavy atom. The van der Waals surface area contributed by atoms with Crippen LogP contribution in [-0.2, 0) is 133 Å². The van der Waals surface area contributed by atoms with Gasteiger partial charge in [0.05, 0.1) is 5.76 Å². The van der Waals surface area contributed by atoms with E-state index in [2.05, 4.69) is 137 Å². The third kappa shape index (κ3) is 35.2. The standard InChI is InChI=1S/C17H12N.2C15H10N.C12H7F3N.3C11H8N.C9H6NS.C5H8O2.5Ir.Pt/c1-2-7-14(8-3-1)15-9-6-10-16(13-15)17-11-4-5-12-18-17;2*1-2-7-13(8-3-1)15-14-9-5-4-6-12(14)10-11-16-15;13-12(14,15)10-6-4-9(5-7-10)11-3-1-2-8-16-11;3*1-2-6-10(7-3-1)11-8-4-5-9-12-11;1-2-6-10-8(4-1)9-5-3-7-11-9;1-4(6)3-5(2)7;;;;;;/h1-9,11-13H;2*1-7,9-11H;1-4,6-8H;3*1-6,8-9H;1-4,6-7H;3,6H,1-2H3;;;;;;/q8*-1;;;;;;;. The molecule has 1 N–H and O–H groups in total. The predicted octanol–water partition coefficient (Wildman–Crippen LogP) is 26.5. The van der Waals surface area contributed by atoms with Gasteiger partial charge in [0.1, 0.15) is 0 Å². The zero-order valence-corrected chi connectivity index (χ0v) is 82.4. The van der Waals surface area contributed by atoms with Crippen LogP contribution in [0.15, 0.2) is 431 Å². The van der Waals surface area contributed by atoms with Gasteiger partial charge in [-0.25, -0.2) is 11.3 Å². The number of aliphatic hydroxyl groups excluding tert-OH is 1. The molecule has 5 radical (unpaired) electrons. The van der Waals surface area contributed by atoms with Gasteiger partial charge in [-0.1, -0.05) is 157 Å². The summed E-state index contributed by atoms with van der Waals surface area (Å²) < 4.78 is 36.9. The molecule has 0 amide bonds. The largest absolute Gasteiger partial charge is 0.512 e. The number of aromatic nitrogens is 8. The van der Waals surface area contributed by atoms with Crippen LogP contribution in [0, 0.1) is 48.5 Å². The molecule has 19 aromatic rings. The molecule has 0 unspecified atom stereocenters. The molecule has 0 atom stereocenters. The zero-order valence-electron chi connectivity index (χ0n) is 67.4. The van der Waals surface area contributed by atoms with Crippen molar-refractivity contribution >= 4 is 38.7 Å². The number of halogens is 3. The van der Waals surface area contributed by atoms with Crippen molar-refractivity contribution in [1.82, 2.24) is 39.9 Å². The van der Waals surface area contributed by atoms with E-state index in [9.17, 15) is 18.0 Å². The van der Waals surface area contributed by atoms with Crippen molar-refractivity contribution in [2.24, 2.45) is 0 Å². The van der Waals surface area contributed by atoms with Crippen LogP contribution in [0.4, 0.5) is 13.2 Å². The van der Waals surface area contributed by atoms with Crippen molar-refractivity contribution in [3.63, 3.8) is 0 Å². The summed E-state index contributed by atoms with van der Waals surface area (Å²) in [6.07, 6.45) is 11.1. The molecule has 126 heavy (non-hydrogen) atoms. The molecule has 643 valence electrons. The Hall–Kier alpha value is -11.4. The number of nitrogens with zero attached hydrogens (tertiary/aromatic N) is 8. The molecule has 0 aliphatic rings. The number of carbonyl (C=O) groups excluding carboxylic acids is 1. The van der Waals surface area contributed by atoms with Gasteiger partial charge < -0.3 is 45.0 Å². The molecule has 9 heterocycles. The molecule has 0 aliphatic heterocycles. The first-order valence-corrected chi connectivity index (χ1v) is 38.8. The SMILES string of the molecule is CC(=O)C=C(C)O.FC(F)(F)c1c[c-]c(-c2ccccn2)cc1.[Ir].[Ir].[Ir].[Ir].[Ir].[Pt].[c-]1ccc(-c2ccccc2)cc1-c1ccccn1.[c-]1ccccc1-c1ccccn1.[c-]1ccccc1-c1ccccn1.[c-]1ccccc1-c1ccccn1.[c-]1ccccc1-c1nccc2ccccc12.[c-]1ccccc1-c1nccc2ccccc12.[c-]1ccsc1-c1ccccn1. The van der Waals surface area contributed by atoms with Crippen LogP contribution in [0.2, 0.25) is 0 Å². The average Bonchev–Trinajstić information content (AvgIpc) is 0.880. The third-order valence-electron chi connectivity index (χ3n) is 16.9. The maximum Gasteiger partial charge on any atom is 0.381 e. The van der Waals surface area contributed by atoms with E-state index >= 15 is 0 Å². The van der Waals surface area contributed by atoms with E-state index in [-0.39, 0.29) is 133 Å². The Morgan fingerprint density at radius 1 is 0.317 bits per heavy atom. The predicted molar refractivity (Wildman–Crippen MR) is 478 cm³/mol. The number of benzene rings is 10. The second kappa shape index (κ2) is 58.7. The molecule has 0 bridgehead atoms. The van der Waals surface area contributed by atoms with E-state index in [4.69, 9.17) is 5.11 Å². The summed E-state index contributed by atoms with van der Waals surface area (Å²) in [5.74, 6) is -0.0625. The fourth-order valence-corrected chi connectivity index (χ4v) is 12.0. The molecule has 0 saturated heterocycles. The van der Waals surface area contributed by atoms with Gasteiger partial charge in [0.25, 0.3) is 0 Å². The van der Waals surface area contributed by atoms with Gasteiger partial charge in [-0.05, 0) is 141 Å². The minimum Gasteiger partial charge on any atom is -0.512 e. The molecular weight excluding hydrogens is 2660 g/mol. The summed E-state index contributed by atoms with van der Waals surface area (Å²) in [7, 11) is 0. The minimum absolute atomic E-state index is 0. The number of fused-ring (bicyclic) bond motifs is 2. The average molecular weight is 2740 g/mol. The van der Waals surface area contributed by atoms with Crippen LogP contribution in [0.25, 0.3) is 122 Å². The fraction of sp³-hybridized carbons (Fsp3) is 0.0283. The normalized spacial score (nSPS) is 9.83. The molecule has 10 aromatic carbocycles.